The summed E-state index contributed by atoms with van der Waals surface area (Å²) < 4.78 is 10.3. The van der Waals surface area contributed by atoms with Gasteiger partial charge in [-0.25, -0.2) is 0 Å². The number of rotatable bonds is 5. The van der Waals surface area contributed by atoms with Crippen LogP contribution in [0.2, 0.25) is 0 Å². The number of carboxylic acid groups (broad SMARTS) is 1. The van der Waals surface area contributed by atoms with Crippen molar-refractivity contribution in [2.75, 3.05) is 19.8 Å². The third-order valence-corrected chi connectivity index (χ3v) is 3.28. The molecule has 2 unspecified atom stereocenters. The van der Waals surface area contributed by atoms with Crippen molar-refractivity contribution in [2.45, 2.75) is 26.4 Å². The summed E-state index contributed by atoms with van der Waals surface area (Å²) in [4.78, 5) is 13.2. The van der Waals surface area contributed by atoms with Crippen molar-refractivity contribution in [1.29, 1.82) is 0 Å². The van der Waals surface area contributed by atoms with E-state index in [1.165, 1.54) is 0 Å². The van der Waals surface area contributed by atoms with Crippen LogP contribution in [0.4, 0.5) is 0 Å². The monoisotopic (exact) mass is 254 g/mol. The number of likely N-dealkylation sites (N-methyl/N-ethyl adjacent to an activating group) is 1. The van der Waals surface area contributed by atoms with Gasteiger partial charge in [0, 0.05) is 18.7 Å². The zero-order chi connectivity index (χ0) is 13.1. The minimum Gasteiger partial charge on any atom is -0.481 e. The lowest BCUT2D eigenvalue weighted by Gasteiger charge is -2.28. The van der Waals surface area contributed by atoms with Crippen molar-refractivity contribution >= 4 is 5.97 Å². The number of hydrogen-bond donors (Lipinski definition) is 1. The van der Waals surface area contributed by atoms with E-state index in [2.05, 4.69) is 10.1 Å². The molecule has 1 fully saturated rings. The van der Waals surface area contributed by atoms with E-state index in [1.54, 1.807) is 0 Å². The number of aromatic nitrogens is 1. The molecule has 100 valence electrons. The van der Waals surface area contributed by atoms with Crippen LogP contribution in [0.1, 0.15) is 18.4 Å². The zero-order valence-corrected chi connectivity index (χ0v) is 10.6. The first-order valence-electron chi connectivity index (χ1n) is 6.08. The van der Waals surface area contributed by atoms with Gasteiger partial charge in [-0.2, -0.15) is 0 Å². The number of hydrogen-bond acceptors (Lipinski definition) is 5. The van der Waals surface area contributed by atoms with Crippen molar-refractivity contribution in [3.05, 3.63) is 17.5 Å². The highest BCUT2D eigenvalue weighted by Crippen LogP contribution is 2.21. The first-order valence-corrected chi connectivity index (χ1v) is 6.08. The summed E-state index contributed by atoms with van der Waals surface area (Å²) in [5.74, 6) is -0.497. The average Bonchev–Trinajstić information content (AvgIpc) is 2.94. The van der Waals surface area contributed by atoms with Crippen LogP contribution < -0.4 is 0 Å². The maximum Gasteiger partial charge on any atom is 0.310 e. The average molecular weight is 254 g/mol. The van der Waals surface area contributed by atoms with Crippen LogP contribution in [0, 0.1) is 12.8 Å². The highest BCUT2D eigenvalue weighted by atomic mass is 16.5. The summed E-state index contributed by atoms with van der Waals surface area (Å²) in [5, 5.41) is 13.1. The summed E-state index contributed by atoms with van der Waals surface area (Å²) in [6, 6.07) is 1.78. The van der Waals surface area contributed by atoms with Gasteiger partial charge in [-0.3, -0.25) is 9.69 Å². The Bertz CT molecular complexity index is 418. The molecular formula is C12H18N2O4. The Balaban J connectivity index is 2.06. The van der Waals surface area contributed by atoms with Crippen molar-refractivity contribution in [1.82, 2.24) is 10.1 Å². The maximum atomic E-state index is 11.1. The van der Waals surface area contributed by atoms with E-state index in [1.807, 2.05) is 19.9 Å². The van der Waals surface area contributed by atoms with Gasteiger partial charge >= 0.3 is 5.97 Å². The van der Waals surface area contributed by atoms with E-state index in [9.17, 15) is 4.79 Å². The lowest BCUT2D eigenvalue weighted by atomic mass is 10.0. The third kappa shape index (κ3) is 2.70. The molecular weight excluding hydrogens is 236 g/mol. The fourth-order valence-electron chi connectivity index (χ4n) is 2.30. The van der Waals surface area contributed by atoms with Crippen LogP contribution in [0.3, 0.4) is 0 Å². The van der Waals surface area contributed by atoms with Gasteiger partial charge in [-0.1, -0.05) is 12.1 Å². The van der Waals surface area contributed by atoms with Gasteiger partial charge in [0.1, 0.15) is 5.76 Å². The Morgan fingerprint density at radius 3 is 2.94 bits per heavy atom. The molecule has 0 bridgehead atoms. The van der Waals surface area contributed by atoms with Crippen molar-refractivity contribution in [2.24, 2.45) is 5.92 Å². The Morgan fingerprint density at radius 1 is 1.61 bits per heavy atom. The number of aliphatic carboxylic acids is 1. The molecule has 1 aromatic heterocycles. The largest absolute Gasteiger partial charge is 0.481 e. The molecule has 0 saturated carbocycles. The van der Waals surface area contributed by atoms with Crippen molar-refractivity contribution < 1.29 is 19.2 Å². The van der Waals surface area contributed by atoms with Gasteiger partial charge in [0.25, 0.3) is 0 Å². The first-order chi connectivity index (χ1) is 8.61. The van der Waals surface area contributed by atoms with Gasteiger partial charge in [0.15, 0.2) is 0 Å². The highest BCUT2D eigenvalue weighted by molar-refractivity contribution is 5.71. The molecule has 1 aromatic rings. The molecule has 18 heavy (non-hydrogen) atoms. The first kappa shape index (κ1) is 13.0. The molecule has 1 aliphatic rings. The third-order valence-electron chi connectivity index (χ3n) is 3.28. The van der Waals surface area contributed by atoms with E-state index < -0.39 is 11.9 Å². The van der Waals surface area contributed by atoms with E-state index in [4.69, 9.17) is 14.4 Å². The van der Waals surface area contributed by atoms with Crippen LogP contribution in [0.15, 0.2) is 10.6 Å². The second-order valence-electron chi connectivity index (χ2n) is 4.54. The summed E-state index contributed by atoms with van der Waals surface area (Å²) in [7, 11) is 0. The van der Waals surface area contributed by atoms with Gasteiger partial charge in [-0.15, -0.1) is 0 Å². The fraction of sp³-hybridized carbons (Fsp3) is 0.667. The predicted molar refractivity (Wildman–Crippen MR) is 63.1 cm³/mol. The topological polar surface area (TPSA) is 75.8 Å². The fourth-order valence-corrected chi connectivity index (χ4v) is 2.30. The molecule has 0 spiro atoms. The molecule has 1 saturated heterocycles. The lowest BCUT2D eigenvalue weighted by Crippen LogP contribution is -2.42. The number of carboxylic acids is 1. The molecule has 2 atom stereocenters. The van der Waals surface area contributed by atoms with Crippen LogP contribution in [0.5, 0.6) is 0 Å². The van der Waals surface area contributed by atoms with E-state index in [0.29, 0.717) is 13.2 Å². The van der Waals surface area contributed by atoms with E-state index in [0.717, 1.165) is 18.0 Å². The predicted octanol–water partition coefficient (Wildman–Crippen LogP) is 0.905. The van der Waals surface area contributed by atoms with E-state index >= 15 is 0 Å². The molecule has 2 heterocycles. The van der Waals surface area contributed by atoms with Crippen molar-refractivity contribution in [3.63, 3.8) is 0 Å². The Morgan fingerprint density at radius 2 is 2.39 bits per heavy atom. The molecule has 6 heteroatoms. The van der Waals surface area contributed by atoms with Crippen LogP contribution in [0.25, 0.3) is 0 Å². The van der Waals surface area contributed by atoms with E-state index in [-0.39, 0.29) is 12.6 Å². The molecule has 1 aliphatic heterocycles. The van der Waals surface area contributed by atoms with Crippen LogP contribution in [-0.4, -0.2) is 46.9 Å². The second kappa shape index (κ2) is 5.49. The minimum absolute atomic E-state index is 0.0930. The van der Waals surface area contributed by atoms with Gasteiger partial charge < -0.3 is 14.4 Å². The summed E-state index contributed by atoms with van der Waals surface area (Å²) in [5.41, 5.74) is 0.824. The van der Waals surface area contributed by atoms with Crippen LogP contribution in [-0.2, 0) is 16.1 Å². The standard InChI is InChI=1S/C12H18N2O4/c1-3-14(5-9-4-8(2)18-13-9)11-7-17-6-10(11)12(15)16/h4,10-11H,3,5-7H2,1-2H3,(H,15,16). The summed E-state index contributed by atoms with van der Waals surface area (Å²) in [6.07, 6.45) is 0. The second-order valence-corrected chi connectivity index (χ2v) is 4.54. The van der Waals surface area contributed by atoms with Crippen molar-refractivity contribution in [3.8, 4) is 0 Å². The molecule has 0 aromatic carbocycles. The molecule has 0 amide bonds. The lowest BCUT2D eigenvalue weighted by molar-refractivity contribution is -0.143. The zero-order valence-electron chi connectivity index (χ0n) is 10.6. The SMILES string of the molecule is CCN(Cc1cc(C)on1)C1COCC1C(=O)O. The van der Waals surface area contributed by atoms with Crippen LogP contribution >= 0.6 is 0 Å². The molecule has 6 nitrogen and oxygen atoms in total. The number of aryl methyl sites for hydroxylation is 1. The molecule has 2 rings (SSSR count). The normalized spacial score (nSPS) is 23.7. The Hall–Kier alpha value is -1.40. The molecule has 0 radical (unpaired) electrons. The number of carbonyl (C=O) groups is 1. The van der Waals surface area contributed by atoms with Gasteiger partial charge in [0.05, 0.1) is 24.8 Å². The molecule has 0 aliphatic carbocycles. The summed E-state index contributed by atoms with van der Waals surface area (Å²) >= 11 is 0. The smallest absolute Gasteiger partial charge is 0.310 e. The number of ether oxygens (including phenoxy) is 1. The Labute approximate surface area is 106 Å². The highest BCUT2D eigenvalue weighted by Gasteiger charge is 2.37. The van der Waals surface area contributed by atoms with Gasteiger partial charge in [-0.05, 0) is 13.5 Å². The maximum absolute atomic E-state index is 11.1. The summed E-state index contributed by atoms with van der Waals surface area (Å²) in [6.45, 7) is 5.93. The Kier molecular flexibility index (Phi) is 3.98. The number of nitrogens with zero attached hydrogens (tertiary/aromatic N) is 2. The minimum atomic E-state index is -0.799. The molecule has 1 N–H and O–H groups in total. The van der Waals surface area contributed by atoms with Gasteiger partial charge in [0.2, 0.25) is 0 Å². The quantitative estimate of drug-likeness (QED) is 0.841.